The highest BCUT2D eigenvalue weighted by molar-refractivity contribution is 5.97. The van der Waals surface area contributed by atoms with Gasteiger partial charge in [-0.15, -0.1) is 0 Å². The highest BCUT2D eigenvalue weighted by Crippen LogP contribution is 2.13. The molecule has 2 aromatic rings. The Morgan fingerprint density at radius 2 is 1.82 bits per heavy atom. The molecule has 0 aromatic heterocycles. The fraction of sp³-hybridized carbons (Fsp3) is 0.176. The third kappa shape index (κ3) is 4.09. The first-order chi connectivity index (χ1) is 10.5. The molecular formula is C17H17NO4. The zero-order valence-electron chi connectivity index (χ0n) is 12.4. The number of ether oxygens (including phenoxy) is 1. The summed E-state index contributed by atoms with van der Waals surface area (Å²) >= 11 is 0. The lowest BCUT2D eigenvalue weighted by Gasteiger charge is -2.14. The van der Waals surface area contributed by atoms with Crippen LogP contribution in [0.15, 0.2) is 48.5 Å². The van der Waals surface area contributed by atoms with E-state index in [1.807, 2.05) is 25.1 Å². The largest absolute Gasteiger partial charge is 0.508 e. The van der Waals surface area contributed by atoms with Gasteiger partial charge in [0.05, 0.1) is 5.56 Å². The van der Waals surface area contributed by atoms with E-state index in [9.17, 15) is 14.7 Å². The minimum atomic E-state index is -0.929. The number of benzene rings is 2. The van der Waals surface area contributed by atoms with E-state index in [4.69, 9.17) is 4.74 Å². The van der Waals surface area contributed by atoms with Crippen LogP contribution in [0.4, 0.5) is 5.69 Å². The molecule has 0 bridgehead atoms. The Morgan fingerprint density at radius 3 is 2.45 bits per heavy atom. The number of aromatic hydroxyl groups is 1. The summed E-state index contributed by atoms with van der Waals surface area (Å²) in [5.41, 5.74) is 1.94. The summed E-state index contributed by atoms with van der Waals surface area (Å²) in [4.78, 5) is 23.9. The van der Waals surface area contributed by atoms with Crippen molar-refractivity contribution >= 4 is 17.6 Å². The van der Waals surface area contributed by atoms with Crippen LogP contribution in [-0.4, -0.2) is 23.1 Å². The van der Waals surface area contributed by atoms with Gasteiger partial charge in [-0.1, -0.05) is 12.1 Å². The maximum atomic E-state index is 12.0. The summed E-state index contributed by atoms with van der Waals surface area (Å²) < 4.78 is 5.11. The number of phenols is 1. The highest BCUT2D eigenvalue weighted by Gasteiger charge is 2.19. The SMILES string of the molecule is Cc1cccc(NC(=O)[C@H](C)OC(=O)c2ccc(O)cc2)c1. The van der Waals surface area contributed by atoms with Crippen molar-refractivity contribution in [3.05, 3.63) is 59.7 Å². The van der Waals surface area contributed by atoms with E-state index in [2.05, 4.69) is 5.32 Å². The van der Waals surface area contributed by atoms with Crippen LogP contribution >= 0.6 is 0 Å². The number of rotatable bonds is 4. The van der Waals surface area contributed by atoms with Crippen LogP contribution in [-0.2, 0) is 9.53 Å². The molecule has 2 aromatic carbocycles. The van der Waals surface area contributed by atoms with Crippen molar-refractivity contribution in [1.82, 2.24) is 0 Å². The van der Waals surface area contributed by atoms with Crippen LogP contribution in [0.25, 0.3) is 0 Å². The van der Waals surface area contributed by atoms with Gasteiger partial charge >= 0.3 is 5.97 Å². The van der Waals surface area contributed by atoms with Gasteiger partial charge in [-0.2, -0.15) is 0 Å². The number of hydrogen-bond donors (Lipinski definition) is 2. The number of esters is 1. The van der Waals surface area contributed by atoms with Crippen molar-refractivity contribution in [2.75, 3.05) is 5.32 Å². The molecule has 0 unspecified atom stereocenters. The van der Waals surface area contributed by atoms with Gasteiger partial charge < -0.3 is 15.2 Å². The lowest BCUT2D eigenvalue weighted by atomic mass is 10.2. The number of nitrogens with one attached hydrogen (secondary N) is 1. The van der Waals surface area contributed by atoms with Crippen molar-refractivity contribution in [3.63, 3.8) is 0 Å². The predicted molar refractivity (Wildman–Crippen MR) is 82.8 cm³/mol. The molecule has 0 aliphatic rings. The van der Waals surface area contributed by atoms with Gasteiger partial charge in [0.2, 0.25) is 0 Å². The zero-order valence-corrected chi connectivity index (χ0v) is 12.4. The van der Waals surface area contributed by atoms with Crippen LogP contribution in [0.2, 0.25) is 0 Å². The zero-order chi connectivity index (χ0) is 16.1. The number of carbonyl (C=O) groups excluding carboxylic acids is 2. The molecule has 22 heavy (non-hydrogen) atoms. The second-order valence-electron chi connectivity index (χ2n) is 4.95. The molecule has 0 aliphatic carbocycles. The molecule has 0 saturated heterocycles. The number of anilines is 1. The molecule has 0 spiro atoms. The molecule has 0 fully saturated rings. The van der Waals surface area contributed by atoms with E-state index < -0.39 is 18.0 Å². The summed E-state index contributed by atoms with van der Waals surface area (Å²) in [6.07, 6.45) is -0.929. The molecule has 5 heteroatoms. The molecule has 2 N–H and O–H groups in total. The molecule has 0 radical (unpaired) electrons. The lowest BCUT2D eigenvalue weighted by molar-refractivity contribution is -0.123. The van der Waals surface area contributed by atoms with Crippen molar-refractivity contribution in [1.29, 1.82) is 0 Å². The van der Waals surface area contributed by atoms with E-state index in [0.717, 1.165) is 5.56 Å². The Hall–Kier alpha value is -2.82. The maximum Gasteiger partial charge on any atom is 0.338 e. The molecule has 1 amide bonds. The first-order valence-electron chi connectivity index (χ1n) is 6.83. The van der Waals surface area contributed by atoms with Crippen molar-refractivity contribution in [2.45, 2.75) is 20.0 Å². The van der Waals surface area contributed by atoms with E-state index in [0.29, 0.717) is 5.69 Å². The van der Waals surface area contributed by atoms with Crippen LogP contribution in [0.1, 0.15) is 22.8 Å². The molecule has 114 valence electrons. The van der Waals surface area contributed by atoms with Gasteiger partial charge in [-0.05, 0) is 55.8 Å². The Kier molecular flexibility index (Phi) is 4.78. The average molecular weight is 299 g/mol. The van der Waals surface area contributed by atoms with Crippen LogP contribution < -0.4 is 5.32 Å². The van der Waals surface area contributed by atoms with Gasteiger partial charge in [0.25, 0.3) is 5.91 Å². The molecular weight excluding hydrogens is 282 g/mol. The molecule has 2 rings (SSSR count). The second-order valence-corrected chi connectivity index (χ2v) is 4.95. The number of hydrogen-bond acceptors (Lipinski definition) is 4. The van der Waals surface area contributed by atoms with Gasteiger partial charge in [0.1, 0.15) is 5.75 Å². The molecule has 0 saturated carbocycles. The minimum Gasteiger partial charge on any atom is -0.508 e. The molecule has 1 atom stereocenters. The first-order valence-corrected chi connectivity index (χ1v) is 6.83. The predicted octanol–water partition coefficient (Wildman–Crippen LogP) is 2.88. The Bertz CT molecular complexity index is 679. The van der Waals surface area contributed by atoms with Gasteiger partial charge in [-0.25, -0.2) is 4.79 Å². The number of phenolic OH excluding ortho intramolecular Hbond substituents is 1. The van der Waals surface area contributed by atoms with Gasteiger partial charge in [0, 0.05) is 5.69 Å². The highest BCUT2D eigenvalue weighted by atomic mass is 16.5. The number of amides is 1. The normalized spacial score (nSPS) is 11.5. The Balaban J connectivity index is 1.96. The number of aryl methyl sites for hydroxylation is 1. The standard InChI is InChI=1S/C17H17NO4/c1-11-4-3-5-14(10-11)18-16(20)12(2)22-17(21)13-6-8-15(19)9-7-13/h3-10,12,19H,1-2H3,(H,18,20)/t12-/m0/s1. The maximum absolute atomic E-state index is 12.0. The van der Waals surface area contributed by atoms with Crippen LogP contribution in [0.3, 0.4) is 0 Å². The second kappa shape index (κ2) is 6.76. The fourth-order valence-corrected chi connectivity index (χ4v) is 1.85. The smallest absolute Gasteiger partial charge is 0.338 e. The topological polar surface area (TPSA) is 75.6 Å². The fourth-order valence-electron chi connectivity index (χ4n) is 1.85. The summed E-state index contributed by atoms with van der Waals surface area (Å²) in [6, 6.07) is 13.0. The van der Waals surface area contributed by atoms with Crippen molar-refractivity contribution in [2.24, 2.45) is 0 Å². The van der Waals surface area contributed by atoms with Crippen molar-refractivity contribution in [3.8, 4) is 5.75 Å². The van der Waals surface area contributed by atoms with Crippen LogP contribution in [0.5, 0.6) is 5.75 Å². The van der Waals surface area contributed by atoms with Crippen molar-refractivity contribution < 1.29 is 19.4 Å². The minimum absolute atomic E-state index is 0.0572. The lowest BCUT2D eigenvalue weighted by Crippen LogP contribution is -2.30. The van der Waals surface area contributed by atoms with Gasteiger partial charge in [-0.3, -0.25) is 4.79 Å². The molecule has 0 heterocycles. The van der Waals surface area contributed by atoms with E-state index in [1.165, 1.54) is 31.2 Å². The summed E-state index contributed by atoms with van der Waals surface area (Å²) in [5, 5.41) is 11.9. The Labute approximate surface area is 128 Å². The summed E-state index contributed by atoms with van der Waals surface area (Å²) in [6.45, 7) is 3.42. The summed E-state index contributed by atoms with van der Waals surface area (Å²) in [5.74, 6) is -0.966. The third-order valence-corrected chi connectivity index (χ3v) is 3.04. The quantitative estimate of drug-likeness (QED) is 0.851. The Morgan fingerprint density at radius 1 is 1.14 bits per heavy atom. The van der Waals surface area contributed by atoms with E-state index in [1.54, 1.807) is 6.07 Å². The van der Waals surface area contributed by atoms with Crippen LogP contribution in [0, 0.1) is 6.92 Å². The molecule has 0 aliphatic heterocycles. The van der Waals surface area contributed by atoms with E-state index in [-0.39, 0.29) is 11.3 Å². The average Bonchev–Trinajstić information content (AvgIpc) is 2.47. The molecule has 5 nitrogen and oxygen atoms in total. The third-order valence-electron chi connectivity index (χ3n) is 3.04. The number of carbonyl (C=O) groups is 2. The first kappa shape index (κ1) is 15.6. The summed E-state index contributed by atoms with van der Waals surface area (Å²) in [7, 11) is 0. The van der Waals surface area contributed by atoms with Gasteiger partial charge in [0.15, 0.2) is 6.10 Å². The van der Waals surface area contributed by atoms with E-state index >= 15 is 0 Å². The monoisotopic (exact) mass is 299 g/mol.